The molecule has 94 valence electrons. The van der Waals surface area contributed by atoms with Gasteiger partial charge in [-0.3, -0.25) is 9.59 Å². The second kappa shape index (κ2) is 4.05. The minimum atomic E-state index is -0.493. The third kappa shape index (κ3) is 1.73. The summed E-state index contributed by atoms with van der Waals surface area (Å²) < 4.78 is -0.122. The van der Waals surface area contributed by atoms with Crippen molar-refractivity contribution >= 4 is 74.3 Å². The van der Waals surface area contributed by atoms with Gasteiger partial charge in [0, 0.05) is 11.4 Å². The zero-order valence-electron chi connectivity index (χ0n) is 9.12. The molecule has 1 atom stereocenters. The predicted molar refractivity (Wildman–Crippen MR) is 86.4 cm³/mol. The van der Waals surface area contributed by atoms with Crippen molar-refractivity contribution in [2.75, 3.05) is 4.90 Å². The Labute approximate surface area is 137 Å². The van der Waals surface area contributed by atoms with Gasteiger partial charge in [0.1, 0.15) is 0 Å². The van der Waals surface area contributed by atoms with Gasteiger partial charge in [-0.25, -0.2) is 4.90 Å². The van der Waals surface area contributed by atoms with Crippen molar-refractivity contribution in [3.05, 3.63) is 29.3 Å². The lowest BCUT2D eigenvalue weighted by molar-refractivity contribution is -0.122. The van der Waals surface area contributed by atoms with Crippen LogP contribution in [0.3, 0.4) is 0 Å². The minimum absolute atomic E-state index is 0.0847. The molecule has 1 aliphatic heterocycles. The monoisotopic (exact) mass is 487 g/mol. The molecule has 3 nitrogen and oxygen atoms in total. The van der Waals surface area contributed by atoms with Gasteiger partial charge in [0.15, 0.2) is 0 Å². The largest absolute Gasteiger partial charge is 0.274 e. The number of alkyl halides is 2. The van der Waals surface area contributed by atoms with Gasteiger partial charge in [-0.15, -0.1) is 0 Å². The lowest BCUT2D eigenvalue weighted by Crippen LogP contribution is -2.32. The Morgan fingerprint density at radius 1 is 1.28 bits per heavy atom. The zero-order chi connectivity index (χ0) is 13.1. The van der Waals surface area contributed by atoms with Crippen LogP contribution in [0.4, 0.5) is 5.69 Å². The Morgan fingerprint density at radius 3 is 2.44 bits per heavy atom. The van der Waals surface area contributed by atoms with Crippen LogP contribution in [0.25, 0.3) is 0 Å². The molecule has 0 N–H and O–H groups in total. The maximum absolute atomic E-state index is 12.5. The van der Waals surface area contributed by atoms with Crippen LogP contribution < -0.4 is 4.90 Å². The normalized spacial score (nSPS) is 29.2. The highest BCUT2D eigenvalue weighted by atomic mass is 127. The van der Waals surface area contributed by atoms with Gasteiger partial charge < -0.3 is 0 Å². The van der Waals surface area contributed by atoms with E-state index < -0.39 is 5.41 Å². The molecule has 2 aliphatic rings. The summed E-state index contributed by atoms with van der Waals surface area (Å²) in [5.74, 6) is -0.212. The molecule has 2 amide bonds. The highest BCUT2D eigenvalue weighted by molar-refractivity contribution is 14.2. The maximum atomic E-state index is 12.5. The van der Waals surface area contributed by atoms with E-state index in [0.29, 0.717) is 17.1 Å². The molecule has 1 unspecified atom stereocenters. The number of rotatable bonds is 1. The summed E-state index contributed by atoms with van der Waals surface area (Å²) in [6.07, 6.45) is 1.08. The van der Waals surface area contributed by atoms with Crippen LogP contribution in [-0.4, -0.2) is 13.2 Å². The lowest BCUT2D eigenvalue weighted by atomic mass is 10.1. The maximum Gasteiger partial charge on any atom is 0.242 e. The summed E-state index contributed by atoms with van der Waals surface area (Å²) in [5.41, 5.74) is 0.0814. The number of hydrogen-bond acceptors (Lipinski definition) is 2. The van der Waals surface area contributed by atoms with Crippen LogP contribution in [0.2, 0.25) is 5.02 Å². The van der Waals surface area contributed by atoms with Crippen LogP contribution in [0.1, 0.15) is 12.8 Å². The molecule has 1 aromatic carbocycles. The van der Waals surface area contributed by atoms with Crippen LogP contribution in [-0.2, 0) is 9.59 Å². The molecule has 6 heteroatoms. The predicted octanol–water partition coefficient (Wildman–Crippen LogP) is 3.56. The fraction of sp³-hybridized carbons (Fsp3) is 0.333. The van der Waals surface area contributed by atoms with Gasteiger partial charge in [-0.2, -0.15) is 0 Å². The van der Waals surface area contributed by atoms with E-state index in [2.05, 4.69) is 45.2 Å². The molecule has 0 bridgehead atoms. The number of anilines is 1. The van der Waals surface area contributed by atoms with E-state index in [-0.39, 0.29) is 13.2 Å². The summed E-state index contributed by atoms with van der Waals surface area (Å²) >= 11 is 10.4. The zero-order valence-corrected chi connectivity index (χ0v) is 14.2. The average molecular weight is 487 g/mol. The lowest BCUT2D eigenvalue weighted by Gasteiger charge is -2.15. The highest BCUT2D eigenvalue weighted by Gasteiger charge is 2.75. The van der Waals surface area contributed by atoms with Gasteiger partial charge in [0.25, 0.3) is 0 Å². The number of imide groups is 1. The molecule has 0 radical (unpaired) electrons. The number of carbonyl (C=O) groups excluding carboxylic acids is 2. The molecule has 1 heterocycles. The van der Waals surface area contributed by atoms with Crippen LogP contribution in [0.5, 0.6) is 0 Å². The number of nitrogens with zero attached hydrogens (tertiary/aromatic N) is 1. The summed E-state index contributed by atoms with van der Waals surface area (Å²) in [5, 5.41) is 0.528. The quantitative estimate of drug-likeness (QED) is 0.345. The summed E-state index contributed by atoms with van der Waals surface area (Å²) in [7, 11) is 0. The molecule has 0 aromatic heterocycles. The van der Waals surface area contributed by atoms with E-state index in [4.69, 9.17) is 11.6 Å². The average Bonchev–Trinajstić information content (AvgIpc) is 2.71. The second-order valence-corrected chi connectivity index (χ2v) is 10.8. The van der Waals surface area contributed by atoms with Crippen LogP contribution in [0, 0.1) is 5.41 Å². The third-order valence-corrected chi connectivity index (χ3v) is 6.54. The smallest absolute Gasteiger partial charge is 0.242 e. The van der Waals surface area contributed by atoms with Crippen molar-refractivity contribution in [1.29, 1.82) is 0 Å². The Bertz CT molecular complexity index is 575. The number of benzene rings is 1. The summed E-state index contributed by atoms with van der Waals surface area (Å²) in [6, 6.07) is 6.87. The topological polar surface area (TPSA) is 37.4 Å². The number of halogens is 3. The second-order valence-electron chi connectivity index (χ2n) is 4.65. The first-order valence-corrected chi connectivity index (χ1v) is 7.92. The Hall–Kier alpha value is 0.110. The first-order valence-electron chi connectivity index (χ1n) is 5.38. The number of carbonyl (C=O) groups is 2. The molecule has 1 saturated heterocycles. The molecule has 18 heavy (non-hydrogen) atoms. The van der Waals surface area contributed by atoms with Gasteiger partial charge in [-0.05, 0) is 24.6 Å². The van der Waals surface area contributed by atoms with E-state index >= 15 is 0 Å². The number of hydrogen-bond donors (Lipinski definition) is 0. The fourth-order valence-electron chi connectivity index (χ4n) is 2.38. The van der Waals surface area contributed by atoms with Crippen molar-refractivity contribution in [3.8, 4) is 0 Å². The van der Waals surface area contributed by atoms with Crippen molar-refractivity contribution in [2.24, 2.45) is 5.41 Å². The van der Waals surface area contributed by atoms with E-state index in [1.807, 2.05) is 0 Å². The van der Waals surface area contributed by atoms with Gasteiger partial charge >= 0.3 is 0 Å². The molecule has 2 fully saturated rings. The standard InChI is InChI=1S/C12H8ClI2NO2/c13-7-2-1-3-8(4-7)16-9(17)5-11(10(16)18)6-12(11,14)15/h1-4H,5-6H2. The number of amides is 2. The molecule has 1 aromatic rings. The SMILES string of the molecule is O=C1CC2(CC2(I)I)C(=O)N1c1cccc(Cl)c1. The van der Waals surface area contributed by atoms with Crippen LogP contribution >= 0.6 is 56.8 Å². The molecular formula is C12H8ClI2NO2. The summed E-state index contributed by atoms with van der Waals surface area (Å²) in [6.45, 7) is 0. The Kier molecular flexibility index (Phi) is 2.95. The third-order valence-electron chi connectivity index (χ3n) is 3.48. The fourth-order valence-corrected chi connectivity index (χ4v) is 4.70. The van der Waals surface area contributed by atoms with Crippen molar-refractivity contribution in [3.63, 3.8) is 0 Å². The minimum Gasteiger partial charge on any atom is -0.274 e. The Morgan fingerprint density at radius 2 is 1.94 bits per heavy atom. The first kappa shape index (κ1) is 13.1. The van der Waals surface area contributed by atoms with E-state index in [9.17, 15) is 9.59 Å². The molecule has 1 aliphatic carbocycles. The molecular weight excluding hydrogens is 479 g/mol. The Balaban J connectivity index is 2.00. The molecule has 1 saturated carbocycles. The van der Waals surface area contributed by atoms with E-state index in [1.54, 1.807) is 24.3 Å². The van der Waals surface area contributed by atoms with E-state index in [1.165, 1.54) is 4.90 Å². The molecule has 3 rings (SSSR count). The van der Waals surface area contributed by atoms with Crippen molar-refractivity contribution in [2.45, 2.75) is 14.3 Å². The van der Waals surface area contributed by atoms with Crippen LogP contribution in [0.15, 0.2) is 24.3 Å². The molecule has 1 spiro atoms. The van der Waals surface area contributed by atoms with Crippen molar-refractivity contribution in [1.82, 2.24) is 0 Å². The van der Waals surface area contributed by atoms with E-state index in [0.717, 1.165) is 6.42 Å². The first-order chi connectivity index (χ1) is 8.37. The van der Waals surface area contributed by atoms with Gasteiger partial charge in [0.05, 0.1) is 12.5 Å². The van der Waals surface area contributed by atoms with Gasteiger partial charge in [-0.1, -0.05) is 62.8 Å². The highest BCUT2D eigenvalue weighted by Crippen LogP contribution is 2.71. The van der Waals surface area contributed by atoms with Gasteiger partial charge in [0.2, 0.25) is 11.8 Å². The summed E-state index contributed by atoms with van der Waals surface area (Å²) in [4.78, 5) is 25.9. The van der Waals surface area contributed by atoms with Crippen molar-refractivity contribution < 1.29 is 9.59 Å².